The molecule has 5 heteroatoms. The number of hydrogen-bond acceptors (Lipinski definition) is 3. The highest BCUT2D eigenvalue weighted by Gasteiger charge is 2.12. The summed E-state index contributed by atoms with van der Waals surface area (Å²) in [6.45, 7) is 4.21. The first kappa shape index (κ1) is 18.2. The number of aromatic nitrogens is 1. The number of aryl methyl sites for hydroxylation is 1. The number of anilines is 1. The SMILES string of the molecule is CC(C)c1ccccc1NC(=O)CCc1ncc(-c2ccc(Cl)cc2)o1. The van der Waals surface area contributed by atoms with Gasteiger partial charge in [-0.25, -0.2) is 4.98 Å². The summed E-state index contributed by atoms with van der Waals surface area (Å²) in [6.07, 6.45) is 2.43. The lowest BCUT2D eigenvalue weighted by Crippen LogP contribution is -2.14. The minimum Gasteiger partial charge on any atom is -0.441 e. The average molecular weight is 369 g/mol. The fourth-order valence-electron chi connectivity index (χ4n) is 2.72. The van der Waals surface area contributed by atoms with Crippen LogP contribution in [0.2, 0.25) is 5.02 Å². The molecule has 1 N–H and O–H groups in total. The summed E-state index contributed by atoms with van der Waals surface area (Å²) < 4.78 is 5.74. The van der Waals surface area contributed by atoms with Crippen molar-refractivity contribution in [2.24, 2.45) is 0 Å². The molecule has 0 atom stereocenters. The number of nitrogens with zero attached hydrogens (tertiary/aromatic N) is 1. The van der Waals surface area contributed by atoms with E-state index in [1.165, 1.54) is 0 Å². The molecule has 0 saturated carbocycles. The topological polar surface area (TPSA) is 55.1 Å². The van der Waals surface area contributed by atoms with E-state index >= 15 is 0 Å². The molecule has 4 nitrogen and oxygen atoms in total. The van der Waals surface area contributed by atoms with E-state index in [1.54, 1.807) is 18.3 Å². The molecule has 3 rings (SSSR count). The van der Waals surface area contributed by atoms with Crippen molar-refractivity contribution in [2.45, 2.75) is 32.6 Å². The standard InChI is InChI=1S/C21H21ClN2O2/c1-14(2)17-5-3-4-6-18(17)24-20(25)11-12-21-23-13-19(26-21)15-7-9-16(22)10-8-15/h3-10,13-14H,11-12H2,1-2H3,(H,24,25). The molecule has 0 aliphatic heterocycles. The molecule has 1 amide bonds. The van der Waals surface area contributed by atoms with Crippen molar-refractivity contribution in [3.8, 4) is 11.3 Å². The van der Waals surface area contributed by atoms with Crippen molar-refractivity contribution in [1.29, 1.82) is 0 Å². The Morgan fingerprint density at radius 1 is 1.15 bits per heavy atom. The van der Waals surface area contributed by atoms with Crippen LogP contribution in [0.4, 0.5) is 5.69 Å². The molecule has 0 spiro atoms. The van der Waals surface area contributed by atoms with Crippen molar-refractivity contribution in [2.75, 3.05) is 5.32 Å². The number of oxazole rings is 1. The van der Waals surface area contributed by atoms with Crippen LogP contribution in [0.1, 0.15) is 37.6 Å². The summed E-state index contributed by atoms with van der Waals surface area (Å²) in [5.41, 5.74) is 2.90. The molecule has 134 valence electrons. The maximum absolute atomic E-state index is 12.3. The lowest BCUT2D eigenvalue weighted by atomic mass is 10.0. The molecular weight excluding hydrogens is 348 g/mol. The first-order valence-corrected chi connectivity index (χ1v) is 9.00. The highest BCUT2D eigenvalue weighted by atomic mass is 35.5. The van der Waals surface area contributed by atoms with Gasteiger partial charge in [0.15, 0.2) is 11.7 Å². The highest BCUT2D eigenvalue weighted by molar-refractivity contribution is 6.30. The quantitative estimate of drug-likeness (QED) is 0.608. The third-order valence-corrected chi connectivity index (χ3v) is 4.36. The monoisotopic (exact) mass is 368 g/mol. The van der Waals surface area contributed by atoms with Crippen LogP contribution < -0.4 is 5.32 Å². The minimum atomic E-state index is -0.0515. The van der Waals surface area contributed by atoms with E-state index in [4.69, 9.17) is 16.0 Å². The molecule has 1 heterocycles. The lowest BCUT2D eigenvalue weighted by Gasteiger charge is -2.13. The summed E-state index contributed by atoms with van der Waals surface area (Å²) in [5, 5.41) is 3.66. The van der Waals surface area contributed by atoms with Gasteiger partial charge in [-0.15, -0.1) is 0 Å². The Hall–Kier alpha value is -2.59. The minimum absolute atomic E-state index is 0.0515. The van der Waals surface area contributed by atoms with Crippen LogP contribution in [0.5, 0.6) is 0 Å². The van der Waals surface area contributed by atoms with Crippen LogP contribution in [0, 0.1) is 0 Å². The second kappa shape index (κ2) is 8.19. The third kappa shape index (κ3) is 4.52. The van der Waals surface area contributed by atoms with Crippen molar-refractivity contribution < 1.29 is 9.21 Å². The summed E-state index contributed by atoms with van der Waals surface area (Å²) in [7, 11) is 0. The fourth-order valence-corrected chi connectivity index (χ4v) is 2.85. The molecule has 26 heavy (non-hydrogen) atoms. The molecule has 3 aromatic rings. The van der Waals surface area contributed by atoms with Crippen molar-refractivity contribution in [3.05, 3.63) is 71.2 Å². The van der Waals surface area contributed by atoms with Crippen LogP contribution in [0.15, 0.2) is 59.1 Å². The largest absolute Gasteiger partial charge is 0.441 e. The van der Waals surface area contributed by atoms with Gasteiger partial charge in [-0.05, 0) is 41.8 Å². The molecule has 0 aliphatic rings. The molecule has 0 saturated heterocycles. The number of benzene rings is 2. The predicted molar refractivity (Wildman–Crippen MR) is 104 cm³/mol. The maximum Gasteiger partial charge on any atom is 0.224 e. The van der Waals surface area contributed by atoms with Gasteiger partial charge in [-0.2, -0.15) is 0 Å². The van der Waals surface area contributed by atoms with Gasteiger partial charge in [-0.3, -0.25) is 4.79 Å². The lowest BCUT2D eigenvalue weighted by molar-refractivity contribution is -0.116. The molecule has 2 aromatic carbocycles. The van der Waals surface area contributed by atoms with Crippen molar-refractivity contribution >= 4 is 23.2 Å². The summed E-state index contributed by atoms with van der Waals surface area (Å²) in [4.78, 5) is 16.5. The molecular formula is C21H21ClN2O2. The van der Waals surface area contributed by atoms with Gasteiger partial charge in [-0.1, -0.05) is 43.6 Å². The normalized spacial score (nSPS) is 10.9. The van der Waals surface area contributed by atoms with E-state index in [0.29, 0.717) is 35.4 Å². The number of hydrogen-bond donors (Lipinski definition) is 1. The van der Waals surface area contributed by atoms with E-state index in [9.17, 15) is 4.79 Å². The second-order valence-electron chi connectivity index (χ2n) is 6.42. The van der Waals surface area contributed by atoms with Gasteiger partial charge in [0.1, 0.15) is 0 Å². The summed E-state index contributed by atoms with van der Waals surface area (Å²) in [5.74, 6) is 1.51. The Balaban J connectivity index is 1.59. The van der Waals surface area contributed by atoms with Crippen LogP contribution in [-0.4, -0.2) is 10.9 Å². The number of carbonyl (C=O) groups excluding carboxylic acids is 1. The smallest absolute Gasteiger partial charge is 0.224 e. The van der Waals surface area contributed by atoms with Crippen LogP contribution >= 0.6 is 11.6 Å². The van der Waals surface area contributed by atoms with E-state index in [0.717, 1.165) is 16.8 Å². The first-order chi connectivity index (χ1) is 12.5. The van der Waals surface area contributed by atoms with Gasteiger partial charge in [0.25, 0.3) is 0 Å². The van der Waals surface area contributed by atoms with Crippen LogP contribution in [0.25, 0.3) is 11.3 Å². The number of nitrogens with one attached hydrogen (secondary N) is 1. The Morgan fingerprint density at radius 2 is 1.88 bits per heavy atom. The van der Waals surface area contributed by atoms with Crippen molar-refractivity contribution in [3.63, 3.8) is 0 Å². The van der Waals surface area contributed by atoms with E-state index < -0.39 is 0 Å². The third-order valence-electron chi connectivity index (χ3n) is 4.11. The van der Waals surface area contributed by atoms with Crippen LogP contribution in [0.3, 0.4) is 0 Å². The number of para-hydroxylation sites is 1. The molecule has 0 radical (unpaired) electrons. The van der Waals surface area contributed by atoms with E-state index in [2.05, 4.69) is 24.1 Å². The number of carbonyl (C=O) groups is 1. The molecule has 0 fully saturated rings. The van der Waals surface area contributed by atoms with Gasteiger partial charge >= 0.3 is 0 Å². The van der Waals surface area contributed by atoms with Gasteiger partial charge in [0.05, 0.1) is 6.20 Å². The number of rotatable bonds is 6. The second-order valence-corrected chi connectivity index (χ2v) is 6.85. The van der Waals surface area contributed by atoms with Gasteiger partial charge in [0.2, 0.25) is 5.91 Å². The van der Waals surface area contributed by atoms with E-state index in [1.807, 2.05) is 36.4 Å². The predicted octanol–water partition coefficient (Wildman–Crippen LogP) is 5.69. The number of amides is 1. The molecule has 0 aliphatic carbocycles. The maximum atomic E-state index is 12.3. The fraction of sp³-hybridized carbons (Fsp3) is 0.238. The van der Waals surface area contributed by atoms with Crippen LogP contribution in [-0.2, 0) is 11.2 Å². The molecule has 0 unspecified atom stereocenters. The summed E-state index contributed by atoms with van der Waals surface area (Å²) in [6, 6.07) is 15.2. The molecule has 0 bridgehead atoms. The van der Waals surface area contributed by atoms with Gasteiger partial charge < -0.3 is 9.73 Å². The average Bonchev–Trinajstić information content (AvgIpc) is 3.10. The van der Waals surface area contributed by atoms with Gasteiger partial charge in [0, 0.05) is 29.1 Å². The first-order valence-electron chi connectivity index (χ1n) is 8.62. The highest BCUT2D eigenvalue weighted by Crippen LogP contribution is 2.25. The zero-order valence-electron chi connectivity index (χ0n) is 14.8. The Morgan fingerprint density at radius 3 is 2.62 bits per heavy atom. The molecule has 1 aromatic heterocycles. The Labute approximate surface area is 158 Å². The Kier molecular flexibility index (Phi) is 5.74. The summed E-state index contributed by atoms with van der Waals surface area (Å²) >= 11 is 5.90. The zero-order valence-corrected chi connectivity index (χ0v) is 15.6. The zero-order chi connectivity index (χ0) is 18.5. The van der Waals surface area contributed by atoms with Crippen molar-refractivity contribution in [1.82, 2.24) is 4.98 Å². The number of halogens is 1. The van der Waals surface area contributed by atoms with E-state index in [-0.39, 0.29) is 5.91 Å². The Bertz CT molecular complexity index is 885.